The minimum atomic E-state index is -4.75. The van der Waals surface area contributed by atoms with Gasteiger partial charge in [0.1, 0.15) is 17.3 Å². The number of carbonyl (C=O) groups excluding carboxylic acids is 1. The van der Waals surface area contributed by atoms with Crippen molar-refractivity contribution < 1.29 is 27.1 Å². The smallest absolute Gasteiger partial charge is 0.419 e. The van der Waals surface area contributed by atoms with Gasteiger partial charge in [-0.1, -0.05) is 6.07 Å². The molecule has 0 saturated carbocycles. The van der Waals surface area contributed by atoms with Gasteiger partial charge < -0.3 is 9.64 Å². The number of hydrogen-bond acceptors (Lipinski definition) is 3. The summed E-state index contributed by atoms with van der Waals surface area (Å²) < 4.78 is 57.2. The van der Waals surface area contributed by atoms with Crippen molar-refractivity contribution in [2.75, 3.05) is 18.6 Å². The molecule has 1 aliphatic heterocycles. The first-order valence-corrected chi connectivity index (χ1v) is 10.1. The standard InChI is InChI=1S/C20H19F4NO2S/c1-28-9-7-19(26)25-8-6-13-2-3-15(10-14(13)12-25)27-16-4-5-17(18(21)11-16)20(22,23)24/h2-5,10-11H,6-9,12H2,1H3. The maximum atomic E-state index is 13.7. The Bertz CT molecular complexity index is 870. The predicted octanol–water partition coefficient (Wildman–Crippen LogP) is 5.27. The van der Waals surface area contributed by atoms with Crippen molar-refractivity contribution in [1.82, 2.24) is 4.90 Å². The van der Waals surface area contributed by atoms with Crippen LogP contribution >= 0.6 is 11.8 Å². The van der Waals surface area contributed by atoms with Crippen molar-refractivity contribution in [2.24, 2.45) is 0 Å². The van der Waals surface area contributed by atoms with E-state index in [2.05, 4.69) is 0 Å². The third-order valence-electron chi connectivity index (χ3n) is 4.54. The van der Waals surface area contributed by atoms with Gasteiger partial charge in [-0.25, -0.2) is 4.39 Å². The quantitative estimate of drug-likeness (QED) is 0.625. The van der Waals surface area contributed by atoms with Gasteiger partial charge in [0.25, 0.3) is 0 Å². The van der Waals surface area contributed by atoms with E-state index in [0.717, 1.165) is 35.4 Å². The molecule has 3 nitrogen and oxygen atoms in total. The van der Waals surface area contributed by atoms with E-state index in [0.29, 0.717) is 31.3 Å². The van der Waals surface area contributed by atoms with Crippen molar-refractivity contribution in [3.63, 3.8) is 0 Å². The highest BCUT2D eigenvalue weighted by molar-refractivity contribution is 7.98. The fourth-order valence-corrected chi connectivity index (χ4v) is 3.46. The SMILES string of the molecule is CSCCC(=O)N1CCc2ccc(Oc3ccc(C(F)(F)F)c(F)c3)cc2C1. The molecular formula is C20H19F4NO2S. The lowest BCUT2D eigenvalue weighted by molar-refractivity contribution is -0.140. The van der Waals surface area contributed by atoms with Gasteiger partial charge in [0.05, 0.1) is 5.56 Å². The van der Waals surface area contributed by atoms with E-state index in [1.165, 1.54) is 0 Å². The molecule has 0 spiro atoms. The highest BCUT2D eigenvalue weighted by Crippen LogP contribution is 2.34. The van der Waals surface area contributed by atoms with Gasteiger partial charge in [0.15, 0.2) is 0 Å². The molecule has 1 amide bonds. The summed E-state index contributed by atoms with van der Waals surface area (Å²) >= 11 is 1.62. The molecule has 2 aromatic carbocycles. The maximum Gasteiger partial charge on any atom is 0.419 e. The largest absolute Gasteiger partial charge is 0.457 e. The van der Waals surface area contributed by atoms with E-state index in [-0.39, 0.29) is 11.7 Å². The number of fused-ring (bicyclic) bond motifs is 1. The Morgan fingerprint density at radius 1 is 1.14 bits per heavy atom. The first-order chi connectivity index (χ1) is 13.3. The van der Waals surface area contributed by atoms with Crippen LogP contribution in [-0.2, 0) is 23.9 Å². The number of hydrogen-bond donors (Lipinski definition) is 0. The molecule has 0 aliphatic carbocycles. The van der Waals surface area contributed by atoms with Gasteiger partial charge >= 0.3 is 6.18 Å². The van der Waals surface area contributed by atoms with E-state index < -0.39 is 17.6 Å². The van der Waals surface area contributed by atoms with E-state index >= 15 is 0 Å². The summed E-state index contributed by atoms with van der Waals surface area (Å²) in [7, 11) is 0. The molecule has 0 atom stereocenters. The second-order valence-electron chi connectivity index (χ2n) is 6.48. The highest BCUT2D eigenvalue weighted by Gasteiger charge is 2.34. The molecule has 0 saturated heterocycles. The Labute approximate surface area is 164 Å². The van der Waals surface area contributed by atoms with Crippen LogP contribution in [0.2, 0.25) is 0 Å². The number of carbonyl (C=O) groups is 1. The summed E-state index contributed by atoms with van der Waals surface area (Å²) in [5.74, 6) is -0.152. The molecule has 0 fully saturated rings. The second-order valence-corrected chi connectivity index (χ2v) is 7.47. The van der Waals surface area contributed by atoms with E-state index in [9.17, 15) is 22.4 Å². The number of alkyl halides is 3. The predicted molar refractivity (Wildman–Crippen MR) is 100 cm³/mol. The summed E-state index contributed by atoms with van der Waals surface area (Å²) in [4.78, 5) is 14.0. The third kappa shape index (κ3) is 4.79. The van der Waals surface area contributed by atoms with Gasteiger partial charge in [-0.3, -0.25) is 4.79 Å². The summed E-state index contributed by atoms with van der Waals surface area (Å²) in [6, 6.07) is 7.78. The third-order valence-corrected chi connectivity index (χ3v) is 5.16. The fraction of sp³-hybridized carbons (Fsp3) is 0.350. The average Bonchev–Trinajstić information content (AvgIpc) is 2.64. The van der Waals surface area contributed by atoms with Crippen molar-refractivity contribution in [3.8, 4) is 11.5 Å². The average molecular weight is 413 g/mol. The zero-order valence-corrected chi connectivity index (χ0v) is 16.0. The zero-order chi connectivity index (χ0) is 20.3. The molecule has 1 heterocycles. The van der Waals surface area contributed by atoms with Crippen molar-refractivity contribution in [3.05, 3.63) is 58.9 Å². The lowest BCUT2D eigenvalue weighted by Crippen LogP contribution is -2.36. The Hall–Kier alpha value is -2.22. The van der Waals surface area contributed by atoms with E-state index in [1.54, 1.807) is 28.8 Å². The molecule has 0 unspecified atom stereocenters. The van der Waals surface area contributed by atoms with Crippen molar-refractivity contribution in [1.29, 1.82) is 0 Å². The van der Waals surface area contributed by atoms with Crippen LogP contribution in [0.5, 0.6) is 11.5 Å². The van der Waals surface area contributed by atoms with Crippen LogP contribution in [-0.4, -0.2) is 29.4 Å². The maximum absolute atomic E-state index is 13.7. The zero-order valence-electron chi connectivity index (χ0n) is 15.2. The Morgan fingerprint density at radius 2 is 1.86 bits per heavy atom. The number of amides is 1. The second kappa shape index (κ2) is 8.43. The highest BCUT2D eigenvalue weighted by atomic mass is 32.2. The van der Waals surface area contributed by atoms with Crippen LogP contribution in [0.4, 0.5) is 17.6 Å². The Morgan fingerprint density at radius 3 is 2.54 bits per heavy atom. The number of rotatable bonds is 5. The molecule has 0 bridgehead atoms. The number of benzene rings is 2. The molecule has 8 heteroatoms. The molecular weight excluding hydrogens is 394 g/mol. The monoisotopic (exact) mass is 413 g/mol. The summed E-state index contributed by atoms with van der Waals surface area (Å²) in [6.07, 6.45) is -1.58. The first-order valence-electron chi connectivity index (χ1n) is 8.71. The van der Waals surface area contributed by atoms with Gasteiger partial charge in [0, 0.05) is 31.3 Å². The fourth-order valence-electron chi connectivity index (χ4n) is 3.08. The topological polar surface area (TPSA) is 29.5 Å². The van der Waals surface area contributed by atoms with Crippen LogP contribution in [0.1, 0.15) is 23.1 Å². The minimum absolute atomic E-state index is 0.0193. The number of halogens is 4. The first kappa shape index (κ1) is 20.5. The van der Waals surface area contributed by atoms with E-state index in [1.807, 2.05) is 12.3 Å². The molecule has 150 valence electrons. The molecule has 2 aromatic rings. The Balaban J connectivity index is 1.74. The summed E-state index contributed by atoms with van der Waals surface area (Å²) in [5.41, 5.74) is 0.693. The van der Waals surface area contributed by atoms with E-state index in [4.69, 9.17) is 4.74 Å². The van der Waals surface area contributed by atoms with Crippen LogP contribution in [0.25, 0.3) is 0 Å². The number of nitrogens with zero attached hydrogens (tertiary/aromatic N) is 1. The molecule has 28 heavy (non-hydrogen) atoms. The van der Waals surface area contributed by atoms with Gasteiger partial charge in [-0.2, -0.15) is 24.9 Å². The van der Waals surface area contributed by atoms with Crippen molar-refractivity contribution >= 4 is 17.7 Å². The molecule has 0 aromatic heterocycles. The summed E-state index contributed by atoms with van der Waals surface area (Å²) in [6.45, 7) is 1.12. The molecule has 0 radical (unpaired) electrons. The normalized spacial score (nSPS) is 14.0. The number of ether oxygens (including phenoxy) is 1. The van der Waals surface area contributed by atoms with Crippen LogP contribution < -0.4 is 4.74 Å². The van der Waals surface area contributed by atoms with Crippen LogP contribution in [0.3, 0.4) is 0 Å². The Kier molecular flexibility index (Phi) is 6.17. The molecule has 3 rings (SSSR count). The lowest BCUT2D eigenvalue weighted by Gasteiger charge is -2.29. The molecule has 1 aliphatic rings. The van der Waals surface area contributed by atoms with Gasteiger partial charge in [-0.15, -0.1) is 0 Å². The summed E-state index contributed by atoms with van der Waals surface area (Å²) in [5, 5.41) is 0. The lowest BCUT2D eigenvalue weighted by atomic mass is 9.99. The van der Waals surface area contributed by atoms with Crippen LogP contribution in [0, 0.1) is 5.82 Å². The number of thioether (sulfide) groups is 1. The minimum Gasteiger partial charge on any atom is -0.457 e. The van der Waals surface area contributed by atoms with Gasteiger partial charge in [-0.05, 0) is 48.1 Å². The van der Waals surface area contributed by atoms with Crippen molar-refractivity contribution in [2.45, 2.75) is 25.6 Å². The molecule has 0 N–H and O–H groups in total. The van der Waals surface area contributed by atoms with Crippen LogP contribution in [0.15, 0.2) is 36.4 Å². The van der Waals surface area contributed by atoms with Gasteiger partial charge in [0.2, 0.25) is 5.91 Å².